The highest BCUT2D eigenvalue weighted by Gasteiger charge is 2.18. The SMILES string of the molecule is COc1cc(NC(=O)COC(=O)/C=C/c2ccco2)c(C)cc1[N+](=O)[O-]. The van der Waals surface area contributed by atoms with E-state index in [0.29, 0.717) is 17.0 Å². The van der Waals surface area contributed by atoms with Crippen LogP contribution in [0.1, 0.15) is 11.3 Å². The topological polar surface area (TPSA) is 121 Å². The van der Waals surface area contributed by atoms with E-state index in [2.05, 4.69) is 5.32 Å². The van der Waals surface area contributed by atoms with Crippen molar-refractivity contribution in [3.8, 4) is 5.75 Å². The summed E-state index contributed by atoms with van der Waals surface area (Å²) in [4.78, 5) is 33.9. The molecule has 1 aromatic heterocycles. The number of amides is 1. The Bertz CT molecular complexity index is 841. The fraction of sp³-hybridized carbons (Fsp3) is 0.176. The van der Waals surface area contributed by atoms with Gasteiger partial charge in [0.1, 0.15) is 5.76 Å². The van der Waals surface area contributed by atoms with Crippen molar-refractivity contribution >= 4 is 29.3 Å². The van der Waals surface area contributed by atoms with Gasteiger partial charge in [-0.15, -0.1) is 0 Å². The number of hydrogen-bond acceptors (Lipinski definition) is 7. The van der Waals surface area contributed by atoms with E-state index in [1.807, 2.05) is 0 Å². The maximum absolute atomic E-state index is 11.9. The van der Waals surface area contributed by atoms with Crippen LogP contribution in [-0.2, 0) is 14.3 Å². The maximum Gasteiger partial charge on any atom is 0.331 e. The smallest absolute Gasteiger partial charge is 0.331 e. The second kappa shape index (κ2) is 8.47. The summed E-state index contributed by atoms with van der Waals surface area (Å²) >= 11 is 0. The zero-order chi connectivity index (χ0) is 19.1. The summed E-state index contributed by atoms with van der Waals surface area (Å²) in [7, 11) is 1.29. The second-order valence-electron chi connectivity index (χ2n) is 5.10. The van der Waals surface area contributed by atoms with Crippen LogP contribution >= 0.6 is 0 Å². The molecule has 0 aliphatic heterocycles. The first-order valence-corrected chi connectivity index (χ1v) is 7.42. The van der Waals surface area contributed by atoms with Crippen LogP contribution in [0.5, 0.6) is 5.75 Å². The summed E-state index contributed by atoms with van der Waals surface area (Å²) in [5.74, 6) is -0.826. The van der Waals surface area contributed by atoms with Crippen molar-refractivity contribution in [2.45, 2.75) is 6.92 Å². The first-order chi connectivity index (χ1) is 12.4. The number of anilines is 1. The minimum Gasteiger partial charge on any atom is -0.490 e. The summed E-state index contributed by atoms with van der Waals surface area (Å²) in [6, 6.07) is 5.94. The molecule has 2 rings (SSSR count). The van der Waals surface area contributed by atoms with E-state index in [9.17, 15) is 19.7 Å². The van der Waals surface area contributed by atoms with Gasteiger partial charge >= 0.3 is 11.7 Å². The Morgan fingerprint density at radius 2 is 2.15 bits per heavy atom. The Labute approximate surface area is 148 Å². The summed E-state index contributed by atoms with van der Waals surface area (Å²) in [5, 5.41) is 13.5. The third-order valence-electron chi connectivity index (χ3n) is 3.27. The van der Waals surface area contributed by atoms with Crippen molar-refractivity contribution in [2.75, 3.05) is 19.0 Å². The summed E-state index contributed by atoms with van der Waals surface area (Å²) in [5.41, 5.74) is 0.576. The molecule has 26 heavy (non-hydrogen) atoms. The minimum atomic E-state index is -0.713. The number of benzene rings is 1. The molecule has 0 unspecified atom stereocenters. The average molecular weight is 360 g/mol. The van der Waals surface area contributed by atoms with Gasteiger partial charge in [-0.1, -0.05) is 0 Å². The monoisotopic (exact) mass is 360 g/mol. The molecular weight excluding hydrogens is 344 g/mol. The molecule has 1 amide bonds. The Balaban J connectivity index is 1.95. The highest BCUT2D eigenvalue weighted by molar-refractivity contribution is 5.95. The predicted molar refractivity (Wildman–Crippen MR) is 91.7 cm³/mol. The Hall–Kier alpha value is -3.62. The number of nitrogens with zero attached hydrogens (tertiary/aromatic N) is 1. The van der Waals surface area contributed by atoms with E-state index in [1.54, 1.807) is 19.1 Å². The van der Waals surface area contributed by atoms with Crippen LogP contribution in [0.25, 0.3) is 6.08 Å². The Kier molecular flexibility index (Phi) is 6.10. The molecule has 136 valence electrons. The summed E-state index contributed by atoms with van der Waals surface area (Å²) in [6.07, 6.45) is 4.00. The molecule has 0 spiro atoms. The van der Waals surface area contributed by atoms with Crippen LogP contribution in [-0.4, -0.2) is 30.5 Å². The number of furan rings is 1. The van der Waals surface area contributed by atoms with Gasteiger partial charge < -0.3 is 19.2 Å². The number of carbonyl (C=O) groups excluding carboxylic acids is 2. The average Bonchev–Trinajstić information content (AvgIpc) is 3.13. The fourth-order valence-corrected chi connectivity index (χ4v) is 2.02. The molecule has 9 nitrogen and oxygen atoms in total. The van der Waals surface area contributed by atoms with Gasteiger partial charge in [0.25, 0.3) is 5.91 Å². The van der Waals surface area contributed by atoms with Crippen LogP contribution in [0.15, 0.2) is 41.0 Å². The van der Waals surface area contributed by atoms with Crippen LogP contribution in [0, 0.1) is 17.0 Å². The molecule has 0 bridgehead atoms. The number of ether oxygens (including phenoxy) is 2. The number of nitrogens with one attached hydrogen (secondary N) is 1. The summed E-state index contributed by atoms with van der Waals surface area (Å²) < 4.78 is 14.8. The number of hydrogen-bond donors (Lipinski definition) is 1. The standard InChI is InChI=1S/C17H16N2O7/c1-11-8-14(19(22)23)15(24-2)9-13(11)18-16(20)10-26-17(21)6-5-12-4-3-7-25-12/h3-9H,10H2,1-2H3,(H,18,20)/b6-5+. The zero-order valence-electron chi connectivity index (χ0n) is 14.1. The second-order valence-corrected chi connectivity index (χ2v) is 5.10. The zero-order valence-corrected chi connectivity index (χ0v) is 14.1. The van der Waals surface area contributed by atoms with Crippen LogP contribution in [0.3, 0.4) is 0 Å². The van der Waals surface area contributed by atoms with Crippen molar-refractivity contribution in [1.82, 2.24) is 0 Å². The van der Waals surface area contributed by atoms with E-state index >= 15 is 0 Å². The minimum absolute atomic E-state index is 0.00859. The first-order valence-electron chi connectivity index (χ1n) is 7.42. The summed E-state index contributed by atoms with van der Waals surface area (Å²) in [6.45, 7) is 1.08. The molecule has 0 aliphatic carbocycles. The molecule has 1 N–H and O–H groups in total. The number of nitro benzene ring substituents is 1. The van der Waals surface area contributed by atoms with Gasteiger partial charge in [-0.25, -0.2) is 4.79 Å². The lowest BCUT2D eigenvalue weighted by Gasteiger charge is -2.10. The van der Waals surface area contributed by atoms with Gasteiger partial charge in [-0.3, -0.25) is 14.9 Å². The third kappa shape index (κ3) is 4.94. The predicted octanol–water partition coefficient (Wildman–Crippen LogP) is 2.70. The van der Waals surface area contributed by atoms with Crippen LogP contribution < -0.4 is 10.1 Å². The fourth-order valence-electron chi connectivity index (χ4n) is 2.02. The molecule has 0 aliphatic rings. The van der Waals surface area contributed by atoms with Gasteiger partial charge in [0, 0.05) is 23.9 Å². The molecule has 1 aromatic carbocycles. The highest BCUT2D eigenvalue weighted by atomic mass is 16.6. The largest absolute Gasteiger partial charge is 0.490 e. The number of aryl methyl sites for hydroxylation is 1. The molecule has 0 atom stereocenters. The van der Waals surface area contributed by atoms with E-state index < -0.39 is 23.4 Å². The lowest BCUT2D eigenvalue weighted by atomic mass is 10.1. The van der Waals surface area contributed by atoms with Crippen molar-refractivity contribution in [3.63, 3.8) is 0 Å². The number of esters is 1. The van der Waals surface area contributed by atoms with Crippen molar-refractivity contribution in [1.29, 1.82) is 0 Å². The molecule has 1 heterocycles. The quantitative estimate of drug-likeness (QED) is 0.349. The maximum atomic E-state index is 11.9. The van der Waals surface area contributed by atoms with Gasteiger partial charge in [0.15, 0.2) is 12.4 Å². The van der Waals surface area contributed by atoms with Gasteiger partial charge in [0.2, 0.25) is 0 Å². The lowest BCUT2D eigenvalue weighted by Crippen LogP contribution is -2.20. The Morgan fingerprint density at radius 3 is 2.77 bits per heavy atom. The van der Waals surface area contributed by atoms with E-state index in [4.69, 9.17) is 13.9 Å². The number of nitro groups is 1. The van der Waals surface area contributed by atoms with Crippen LogP contribution in [0.4, 0.5) is 11.4 Å². The normalized spacial score (nSPS) is 10.5. The third-order valence-corrected chi connectivity index (χ3v) is 3.27. The van der Waals surface area contributed by atoms with E-state index in [-0.39, 0.29) is 11.4 Å². The van der Waals surface area contributed by atoms with Crippen LogP contribution in [0.2, 0.25) is 0 Å². The van der Waals surface area contributed by atoms with Crippen molar-refractivity contribution in [2.24, 2.45) is 0 Å². The van der Waals surface area contributed by atoms with E-state index in [1.165, 1.54) is 31.6 Å². The van der Waals surface area contributed by atoms with Gasteiger partial charge in [-0.05, 0) is 30.7 Å². The molecule has 0 saturated carbocycles. The first kappa shape index (κ1) is 18.7. The number of methoxy groups -OCH3 is 1. The van der Waals surface area contributed by atoms with Gasteiger partial charge in [0.05, 0.1) is 18.3 Å². The van der Waals surface area contributed by atoms with Crippen molar-refractivity contribution in [3.05, 3.63) is 58.0 Å². The van der Waals surface area contributed by atoms with E-state index in [0.717, 1.165) is 6.08 Å². The molecule has 2 aromatic rings. The lowest BCUT2D eigenvalue weighted by molar-refractivity contribution is -0.385. The van der Waals surface area contributed by atoms with Crippen molar-refractivity contribution < 1.29 is 28.4 Å². The molecule has 0 saturated heterocycles. The molecule has 0 fully saturated rings. The van der Waals surface area contributed by atoms with Gasteiger partial charge in [-0.2, -0.15) is 0 Å². The molecule has 9 heteroatoms. The number of carbonyl (C=O) groups is 2. The number of rotatable bonds is 7. The Morgan fingerprint density at radius 1 is 1.38 bits per heavy atom. The molecule has 0 radical (unpaired) electrons. The molecular formula is C17H16N2O7. The highest BCUT2D eigenvalue weighted by Crippen LogP contribution is 2.32.